The van der Waals surface area contributed by atoms with Gasteiger partial charge in [0, 0.05) is 55.2 Å². The monoisotopic (exact) mass is 460 g/mol. The van der Waals surface area contributed by atoms with E-state index in [1.54, 1.807) is 12.5 Å². The van der Waals surface area contributed by atoms with Crippen molar-refractivity contribution in [3.8, 4) is 0 Å². The van der Waals surface area contributed by atoms with Crippen molar-refractivity contribution in [1.82, 2.24) is 29.6 Å². The summed E-state index contributed by atoms with van der Waals surface area (Å²) >= 11 is 0. The Hall–Kier alpha value is -4.19. The largest absolute Gasteiger partial charge is 0.571 e. The van der Waals surface area contributed by atoms with Crippen LogP contribution in [0.25, 0.3) is 11.0 Å². The van der Waals surface area contributed by atoms with Crippen LogP contribution in [0, 0.1) is 5.21 Å². The molecule has 0 radical (unpaired) electrons. The number of hydrogen-bond acceptors (Lipinski definition) is 10. The zero-order valence-corrected chi connectivity index (χ0v) is 18.1. The van der Waals surface area contributed by atoms with E-state index in [4.69, 9.17) is 4.42 Å². The van der Waals surface area contributed by atoms with E-state index < -0.39 is 11.6 Å². The lowest BCUT2D eigenvalue weighted by atomic mass is 9.95. The number of rotatable bonds is 5. The van der Waals surface area contributed by atoms with E-state index in [0.717, 1.165) is 49.5 Å². The van der Waals surface area contributed by atoms with Crippen LogP contribution in [0.1, 0.15) is 38.7 Å². The second-order valence-electron chi connectivity index (χ2n) is 8.27. The molecule has 6 rings (SSSR count). The summed E-state index contributed by atoms with van der Waals surface area (Å²) in [7, 11) is 0. The Bertz CT molecular complexity index is 1420. The Balaban J connectivity index is 1.11. The fourth-order valence-electron chi connectivity index (χ4n) is 4.65. The van der Waals surface area contributed by atoms with Crippen molar-refractivity contribution in [3.63, 3.8) is 0 Å². The Kier molecular flexibility index (Phi) is 4.80. The Labute approximate surface area is 193 Å². The average molecular weight is 460 g/mol. The van der Waals surface area contributed by atoms with Gasteiger partial charge in [0.1, 0.15) is 23.4 Å². The first-order valence-corrected chi connectivity index (χ1v) is 11.0. The van der Waals surface area contributed by atoms with Crippen molar-refractivity contribution in [3.05, 3.63) is 65.0 Å². The number of fused-ring (bicyclic) bond motifs is 3. The van der Waals surface area contributed by atoms with Gasteiger partial charge in [-0.2, -0.15) is 0 Å². The lowest BCUT2D eigenvalue weighted by molar-refractivity contribution is -0.749. The molecule has 12 nitrogen and oxygen atoms in total. The van der Waals surface area contributed by atoms with Gasteiger partial charge in [0.05, 0.1) is 23.8 Å². The maximum Gasteiger partial charge on any atom is 0.236 e. The Morgan fingerprint density at radius 2 is 1.88 bits per heavy atom. The molecule has 0 amide bonds. The predicted molar refractivity (Wildman–Crippen MR) is 117 cm³/mol. The third-order valence-electron chi connectivity index (χ3n) is 6.35. The molecule has 4 aromatic heterocycles. The predicted octanol–water partition coefficient (Wildman–Crippen LogP) is 0.435. The molecule has 0 atom stereocenters. The Morgan fingerprint density at radius 3 is 2.74 bits per heavy atom. The van der Waals surface area contributed by atoms with Crippen LogP contribution >= 0.6 is 0 Å². The van der Waals surface area contributed by atoms with Gasteiger partial charge in [0.15, 0.2) is 5.69 Å². The third-order valence-corrected chi connectivity index (χ3v) is 6.35. The molecule has 1 saturated heterocycles. The number of pyridine rings is 1. The fourth-order valence-corrected chi connectivity index (χ4v) is 4.65. The molecule has 0 unspecified atom stereocenters. The highest BCUT2D eigenvalue weighted by Gasteiger charge is 2.40. The second kappa shape index (κ2) is 7.99. The smallest absolute Gasteiger partial charge is 0.236 e. The molecule has 5 heterocycles. The highest BCUT2D eigenvalue weighted by atomic mass is 16.5. The number of anilines is 1. The summed E-state index contributed by atoms with van der Waals surface area (Å²) in [5, 5.41) is 17.2. The molecule has 12 heteroatoms. The molecule has 0 aromatic carbocycles. The number of carbonyl (C=O) groups excluding carboxylic acids is 2. The minimum absolute atomic E-state index is 0.00435. The van der Waals surface area contributed by atoms with E-state index in [0.29, 0.717) is 11.4 Å². The van der Waals surface area contributed by atoms with Crippen LogP contribution in [-0.4, -0.2) is 73.9 Å². The molecule has 1 aliphatic carbocycles. The van der Waals surface area contributed by atoms with Gasteiger partial charge in [-0.3, -0.25) is 14.5 Å². The molecule has 34 heavy (non-hydrogen) atoms. The molecule has 1 aliphatic heterocycles. The molecule has 0 saturated carbocycles. The summed E-state index contributed by atoms with van der Waals surface area (Å²) in [6.45, 7) is 4.34. The SMILES string of the molecule is O=C1c2cncnc2C(=O)c2c1n[n+]([O-])n2CCCN1CCN(c2nccc3occc23)CC1. The van der Waals surface area contributed by atoms with Crippen molar-refractivity contribution >= 4 is 28.4 Å². The lowest BCUT2D eigenvalue weighted by Gasteiger charge is -2.35. The minimum atomic E-state index is -0.508. The number of hydrogen-bond donors (Lipinski definition) is 0. The molecular weight excluding hydrogens is 440 g/mol. The van der Waals surface area contributed by atoms with Gasteiger partial charge in [-0.05, 0) is 18.6 Å². The molecule has 0 N–H and O–H groups in total. The molecule has 2 aliphatic rings. The van der Waals surface area contributed by atoms with E-state index in [9.17, 15) is 14.8 Å². The Morgan fingerprint density at radius 1 is 1.03 bits per heavy atom. The molecule has 172 valence electrons. The minimum Gasteiger partial charge on any atom is -0.571 e. The fraction of sp³-hybridized carbons (Fsp3) is 0.318. The van der Waals surface area contributed by atoms with E-state index in [-0.39, 0.29) is 29.2 Å². The van der Waals surface area contributed by atoms with E-state index in [1.807, 2.05) is 12.1 Å². The number of ketones is 2. The number of carbonyl (C=O) groups is 2. The summed E-state index contributed by atoms with van der Waals surface area (Å²) in [5.74, 6) is -0.0647. The van der Waals surface area contributed by atoms with E-state index in [2.05, 4.69) is 29.9 Å². The van der Waals surface area contributed by atoms with Crippen LogP contribution in [0.4, 0.5) is 5.82 Å². The van der Waals surface area contributed by atoms with Crippen molar-refractivity contribution in [2.24, 2.45) is 0 Å². The first kappa shape index (κ1) is 20.4. The summed E-state index contributed by atoms with van der Waals surface area (Å²) in [6.07, 6.45) is 6.55. The van der Waals surface area contributed by atoms with Crippen molar-refractivity contribution in [2.45, 2.75) is 13.0 Å². The van der Waals surface area contributed by atoms with Crippen molar-refractivity contribution in [2.75, 3.05) is 37.6 Å². The van der Waals surface area contributed by atoms with Gasteiger partial charge in [0.2, 0.25) is 17.3 Å². The number of piperazine rings is 1. The van der Waals surface area contributed by atoms with Gasteiger partial charge in [-0.1, -0.05) is 0 Å². The van der Waals surface area contributed by atoms with Gasteiger partial charge in [-0.15, -0.1) is 4.68 Å². The van der Waals surface area contributed by atoms with Gasteiger partial charge < -0.3 is 14.5 Å². The van der Waals surface area contributed by atoms with E-state index in [1.165, 1.54) is 17.2 Å². The van der Waals surface area contributed by atoms with Gasteiger partial charge in [-0.25, -0.2) is 15.0 Å². The maximum absolute atomic E-state index is 12.9. The highest BCUT2D eigenvalue weighted by molar-refractivity contribution is 6.25. The highest BCUT2D eigenvalue weighted by Crippen LogP contribution is 2.26. The normalized spacial score (nSPS) is 16.2. The van der Waals surface area contributed by atoms with Crippen LogP contribution in [0.3, 0.4) is 0 Å². The zero-order chi connectivity index (χ0) is 23.2. The first-order chi connectivity index (χ1) is 16.6. The quantitative estimate of drug-likeness (QED) is 0.268. The zero-order valence-electron chi connectivity index (χ0n) is 18.1. The standard InChI is InChI=1S/C22H20N8O4/c31-20-15-12-23-13-25-17(15)21(32)19-18(20)26-30(33)29(19)6-1-5-27-7-9-28(10-8-27)22-14-3-11-34-16(14)2-4-24-22/h2-4,11-13H,1,5-10H2. The summed E-state index contributed by atoms with van der Waals surface area (Å²) in [6, 6.07) is 3.79. The average Bonchev–Trinajstić information content (AvgIpc) is 3.48. The molecule has 0 bridgehead atoms. The van der Waals surface area contributed by atoms with Gasteiger partial charge in [0.25, 0.3) is 0 Å². The third kappa shape index (κ3) is 3.22. The first-order valence-electron chi connectivity index (χ1n) is 11.0. The molecular formula is C22H20N8O4. The van der Waals surface area contributed by atoms with E-state index >= 15 is 0 Å². The van der Waals surface area contributed by atoms with Crippen LogP contribution in [0.5, 0.6) is 0 Å². The number of aromatic nitrogens is 6. The lowest BCUT2D eigenvalue weighted by Crippen LogP contribution is -2.47. The number of furan rings is 1. The maximum atomic E-state index is 12.9. The summed E-state index contributed by atoms with van der Waals surface area (Å²) < 4.78 is 6.70. The molecule has 4 aromatic rings. The topological polar surface area (TPSA) is 137 Å². The second-order valence-corrected chi connectivity index (χ2v) is 8.27. The molecule has 0 spiro atoms. The van der Waals surface area contributed by atoms with Crippen molar-refractivity contribution < 1.29 is 19.0 Å². The molecule has 1 fully saturated rings. The van der Waals surface area contributed by atoms with Crippen LogP contribution in [0.2, 0.25) is 0 Å². The van der Waals surface area contributed by atoms with Crippen molar-refractivity contribution in [1.29, 1.82) is 0 Å². The van der Waals surface area contributed by atoms with Gasteiger partial charge >= 0.3 is 0 Å². The van der Waals surface area contributed by atoms with Crippen LogP contribution in [0.15, 0.2) is 41.5 Å². The van der Waals surface area contributed by atoms with Crippen LogP contribution < -0.4 is 9.86 Å². The summed E-state index contributed by atoms with van der Waals surface area (Å²) in [4.78, 5) is 42.7. The number of nitrogens with zero attached hydrogens (tertiary/aromatic N) is 8. The summed E-state index contributed by atoms with van der Waals surface area (Å²) in [5.41, 5.74) is 0.756. The van der Waals surface area contributed by atoms with Crippen LogP contribution in [-0.2, 0) is 6.54 Å².